The number of pyridine rings is 1. The number of nitrogens with zero attached hydrogens (tertiary/aromatic N) is 2. The van der Waals surface area contributed by atoms with Gasteiger partial charge in [0, 0.05) is 19.3 Å². The topological polar surface area (TPSA) is 106 Å². The van der Waals surface area contributed by atoms with E-state index in [1.165, 1.54) is 12.4 Å². The number of rotatable bonds is 6. The van der Waals surface area contributed by atoms with Crippen LogP contribution < -0.4 is 10.6 Å². The standard InChI is InChI=1S/C13H20N4O4/c1-13(2,3)21-12(18)16-7-4-6-15-10-5-8-14-9-11(10)17(19)20/h5,8-9H,4,6-7H2,1-3H3,(H,14,15)(H,16,18). The first-order chi connectivity index (χ1) is 9.79. The summed E-state index contributed by atoms with van der Waals surface area (Å²) in [6, 6.07) is 1.54. The number of hydrogen-bond acceptors (Lipinski definition) is 6. The number of carbonyl (C=O) groups is 1. The van der Waals surface area contributed by atoms with E-state index in [4.69, 9.17) is 4.74 Å². The number of nitro groups is 1. The third-order valence-electron chi connectivity index (χ3n) is 2.33. The molecule has 0 fully saturated rings. The summed E-state index contributed by atoms with van der Waals surface area (Å²) in [6.45, 7) is 6.27. The number of nitrogens with one attached hydrogen (secondary N) is 2. The molecule has 116 valence electrons. The molecule has 1 rings (SSSR count). The van der Waals surface area contributed by atoms with Crippen molar-refractivity contribution in [3.63, 3.8) is 0 Å². The molecule has 1 heterocycles. The van der Waals surface area contributed by atoms with Gasteiger partial charge in [-0.3, -0.25) is 15.1 Å². The lowest BCUT2D eigenvalue weighted by molar-refractivity contribution is -0.384. The van der Waals surface area contributed by atoms with Crippen LogP contribution in [0.4, 0.5) is 16.2 Å². The Hall–Kier alpha value is -2.38. The fourth-order valence-electron chi connectivity index (χ4n) is 1.50. The van der Waals surface area contributed by atoms with Crippen LogP contribution in [0.5, 0.6) is 0 Å². The van der Waals surface area contributed by atoms with E-state index >= 15 is 0 Å². The number of ether oxygens (including phenoxy) is 1. The summed E-state index contributed by atoms with van der Waals surface area (Å²) in [5.74, 6) is 0. The molecule has 0 aromatic carbocycles. The van der Waals surface area contributed by atoms with Gasteiger partial charge in [-0.05, 0) is 33.3 Å². The number of carbonyl (C=O) groups excluding carboxylic acids is 1. The molecule has 1 aromatic rings. The van der Waals surface area contributed by atoms with Gasteiger partial charge in [-0.25, -0.2) is 4.79 Å². The summed E-state index contributed by atoms with van der Waals surface area (Å²) in [6.07, 6.45) is 2.81. The van der Waals surface area contributed by atoms with Crippen molar-refractivity contribution >= 4 is 17.5 Å². The third-order valence-corrected chi connectivity index (χ3v) is 2.33. The Morgan fingerprint density at radius 1 is 1.43 bits per heavy atom. The maximum atomic E-state index is 11.4. The minimum Gasteiger partial charge on any atom is -0.444 e. The fraction of sp³-hybridized carbons (Fsp3) is 0.538. The highest BCUT2D eigenvalue weighted by atomic mass is 16.6. The molecule has 0 aliphatic heterocycles. The number of hydrogen-bond donors (Lipinski definition) is 2. The van der Waals surface area contributed by atoms with E-state index in [2.05, 4.69) is 15.6 Å². The Morgan fingerprint density at radius 2 is 2.14 bits per heavy atom. The average Bonchev–Trinajstić information content (AvgIpc) is 2.36. The molecule has 1 amide bonds. The zero-order valence-electron chi connectivity index (χ0n) is 12.4. The van der Waals surface area contributed by atoms with E-state index in [0.717, 1.165) is 0 Å². The molecule has 0 radical (unpaired) electrons. The average molecular weight is 296 g/mol. The molecular formula is C13H20N4O4. The normalized spacial score (nSPS) is 10.8. The Bertz CT molecular complexity index is 499. The van der Waals surface area contributed by atoms with Crippen molar-refractivity contribution in [2.24, 2.45) is 0 Å². The van der Waals surface area contributed by atoms with Crippen molar-refractivity contribution in [2.75, 3.05) is 18.4 Å². The molecule has 0 spiro atoms. The zero-order chi connectivity index (χ0) is 15.9. The van der Waals surface area contributed by atoms with Crippen molar-refractivity contribution in [1.29, 1.82) is 0 Å². The van der Waals surface area contributed by atoms with E-state index < -0.39 is 16.6 Å². The largest absolute Gasteiger partial charge is 0.444 e. The van der Waals surface area contributed by atoms with Gasteiger partial charge in [0.25, 0.3) is 0 Å². The maximum absolute atomic E-state index is 11.4. The highest BCUT2D eigenvalue weighted by Gasteiger charge is 2.15. The van der Waals surface area contributed by atoms with Gasteiger partial charge >= 0.3 is 11.8 Å². The summed E-state index contributed by atoms with van der Waals surface area (Å²) in [7, 11) is 0. The Morgan fingerprint density at radius 3 is 2.76 bits per heavy atom. The van der Waals surface area contributed by atoms with Crippen molar-refractivity contribution in [3.05, 3.63) is 28.6 Å². The molecule has 21 heavy (non-hydrogen) atoms. The quantitative estimate of drug-likeness (QED) is 0.474. The summed E-state index contributed by atoms with van der Waals surface area (Å²) >= 11 is 0. The van der Waals surface area contributed by atoms with E-state index in [0.29, 0.717) is 25.2 Å². The van der Waals surface area contributed by atoms with Crippen LogP contribution in [0.25, 0.3) is 0 Å². The molecule has 8 heteroatoms. The van der Waals surface area contributed by atoms with Crippen LogP contribution >= 0.6 is 0 Å². The van der Waals surface area contributed by atoms with Gasteiger partial charge in [0.2, 0.25) is 0 Å². The van der Waals surface area contributed by atoms with Crippen LogP contribution in [0.15, 0.2) is 18.5 Å². The first-order valence-electron chi connectivity index (χ1n) is 6.59. The van der Waals surface area contributed by atoms with Gasteiger partial charge < -0.3 is 15.4 Å². The minimum atomic E-state index is -0.528. The Labute approximate surface area is 123 Å². The van der Waals surface area contributed by atoms with Gasteiger partial charge in [0.05, 0.1) is 4.92 Å². The minimum absolute atomic E-state index is 0.0717. The Kier molecular flexibility index (Phi) is 5.89. The van der Waals surface area contributed by atoms with E-state index in [-0.39, 0.29) is 5.69 Å². The van der Waals surface area contributed by atoms with Crippen LogP contribution in [-0.2, 0) is 4.74 Å². The second kappa shape index (κ2) is 7.41. The van der Waals surface area contributed by atoms with Gasteiger partial charge in [-0.1, -0.05) is 0 Å². The van der Waals surface area contributed by atoms with Crippen LogP contribution in [0, 0.1) is 10.1 Å². The van der Waals surface area contributed by atoms with Crippen molar-refractivity contribution in [1.82, 2.24) is 10.3 Å². The van der Waals surface area contributed by atoms with Gasteiger partial charge in [-0.2, -0.15) is 0 Å². The molecular weight excluding hydrogens is 276 g/mol. The molecule has 2 N–H and O–H groups in total. The van der Waals surface area contributed by atoms with Crippen LogP contribution in [0.1, 0.15) is 27.2 Å². The first-order valence-corrected chi connectivity index (χ1v) is 6.59. The lowest BCUT2D eigenvalue weighted by Gasteiger charge is -2.19. The smallest absolute Gasteiger partial charge is 0.407 e. The molecule has 1 aromatic heterocycles. The molecule has 0 bridgehead atoms. The lowest BCUT2D eigenvalue weighted by Crippen LogP contribution is -2.33. The lowest BCUT2D eigenvalue weighted by atomic mass is 10.2. The fourth-order valence-corrected chi connectivity index (χ4v) is 1.50. The van der Waals surface area contributed by atoms with Gasteiger partial charge in [-0.15, -0.1) is 0 Å². The number of anilines is 1. The molecule has 0 saturated carbocycles. The number of alkyl carbamates (subject to hydrolysis) is 1. The second-order valence-corrected chi connectivity index (χ2v) is 5.36. The summed E-state index contributed by atoms with van der Waals surface area (Å²) < 4.78 is 5.09. The number of aromatic nitrogens is 1. The van der Waals surface area contributed by atoms with Crippen molar-refractivity contribution in [3.8, 4) is 0 Å². The van der Waals surface area contributed by atoms with E-state index in [9.17, 15) is 14.9 Å². The van der Waals surface area contributed by atoms with Crippen LogP contribution in [-0.4, -0.2) is 34.7 Å². The first kappa shape index (κ1) is 16.7. The van der Waals surface area contributed by atoms with E-state index in [1.807, 2.05) is 0 Å². The molecule has 8 nitrogen and oxygen atoms in total. The highest BCUT2D eigenvalue weighted by Crippen LogP contribution is 2.21. The summed E-state index contributed by atoms with van der Waals surface area (Å²) in [4.78, 5) is 25.4. The number of amides is 1. The third kappa shape index (κ3) is 6.55. The van der Waals surface area contributed by atoms with Gasteiger partial charge in [0.1, 0.15) is 17.5 Å². The van der Waals surface area contributed by atoms with Gasteiger partial charge in [0.15, 0.2) is 0 Å². The van der Waals surface area contributed by atoms with Crippen molar-refractivity contribution in [2.45, 2.75) is 32.8 Å². The summed E-state index contributed by atoms with van der Waals surface area (Å²) in [5.41, 5.74) is -0.190. The highest BCUT2D eigenvalue weighted by molar-refractivity contribution is 5.67. The molecule has 0 aliphatic rings. The molecule has 0 unspecified atom stereocenters. The molecule has 0 aliphatic carbocycles. The predicted molar refractivity (Wildman–Crippen MR) is 78.2 cm³/mol. The SMILES string of the molecule is CC(C)(C)OC(=O)NCCCNc1ccncc1[N+](=O)[O-]. The van der Waals surface area contributed by atoms with E-state index in [1.54, 1.807) is 26.8 Å². The maximum Gasteiger partial charge on any atom is 0.407 e. The molecule has 0 atom stereocenters. The summed E-state index contributed by atoms with van der Waals surface area (Å²) in [5, 5.41) is 16.3. The predicted octanol–water partition coefficient (Wildman–Crippen LogP) is 2.32. The van der Waals surface area contributed by atoms with Crippen LogP contribution in [0.3, 0.4) is 0 Å². The van der Waals surface area contributed by atoms with Crippen molar-refractivity contribution < 1.29 is 14.5 Å². The van der Waals surface area contributed by atoms with Crippen LogP contribution in [0.2, 0.25) is 0 Å². The monoisotopic (exact) mass is 296 g/mol. The molecule has 0 saturated heterocycles. The zero-order valence-corrected chi connectivity index (χ0v) is 12.4. The Balaban J connectivity index is 2.29. The second-order valence-electron chi connectivity index (χ2n) is 5.36.